The maximum Gasteiger partial charge on any atom is 0.267 e. The molecule has 0 bridgehead atoms. The van der Waals surface area contributed by atoms with Crippen LogP contribution in [0.2, 0.25) is 5.02 Å². The van der Waals surface area contributed by atoms with E-state index in [-0.39, 0.29) is 50.6 Å². The van der Waals surface area contributed by atoms with Crippen LogP contribution < -0.4 is 22.3 Å². The summed E-state index contributed by atoms with van der Waals surface area (Å²) in [5.41, 5.74) is 11.4. The second-order valence-electron chi connectivity index (χ2n) is 8.00. The third-order valence-corrected chi connectivity index (χ3v) is 6.35. The summed E-state index contributed by atoms with van der Waals surface area (Å²) in [6.45, 7) is 1.81. The van der Waals surface area contributed by atoms with Gasteiger partial charge in [0.05, 0.1) is 27.7 Å². The Morgan fingerprint density at radius 1 is 1.23 bits per heavy atom. The van der Waals surface area contributed by atoms with E-state index < -0.39 is 29.2 Å². The molecular weight excluding hydrogens is 478 g/mol. The summed E-state index contributed by atoms with van der Waals surface area (Å²) < 4.78 is 30.7. The smallest absolute Gasteiger partial charge is 0.267 e. The Bertz CT molecular complexity index is 1630. The van der Waals surface area contributed by atoms with E-state index in [9.17, 15) is 14.4 Å². The Labute approximate surface area is 202 Å². The van der Waals surface area contributed by atoms with Crippen LogP contribution in [0, 0.1) is 23.0 Å². The topological polar surface area (TPSA) is 149 Å². The van der Waals surface area contributed by atoms with Crippen molar-refractivity contribution < 1.29 is 8.78 Å². The first kappa shape index (κ1) is 22.5. The molecule has 0 amide bonds. The van der Waals surface area contributed by atoms with Gasteiger partial charge >= 0.3 is 0 Å². The van der Waals surface area contributed by atoms with Crippen molar-refractivity contribution in [2.45, 2.75) is 25.3 Å². The van der Waals surface area contributed by atoms with E-state index in [4.69, 9.17) is 23.1 Å². The van der Waals surface area contributed by atoms with Crippen LogP contribution >= 0.6 is 11.6 Å². The first-order valence-electron chi connectivity index (χ1n) is 10.5. The van der Waals surface area contributed by atoms with Crippen LogP contribution in [0.1, 0.15) is 42.3 Å². The molecule has 176 valence electrons. The standard InChI is InChI=1S/C23H17ClF2N8O/c1-2-10-16-13(26)6-9(25)7-15(16)34-21(30-14-5-3-4-12(24)17(14)22(34)35)18(10)31-20-11(8-27)19(28)32-23(29)33-20/h3-7,10,18H,2H2,1H3,(H5,28,29,31,32,33). The minimum absolute atomic E-state index is 0.00101. The molecule has 0 fully saturated rings. The van der Waals surface area contributed by atoms with Crippen LogP contribution in [0.5, 0.6) is 0 Å². The van der Waals surface area contributed by atoms with Gasteiger partial charge < -0.3 is 16.8 Å². The van der Waals surface area contributed by atoms with E-state index >= 15 is 4.39 Å². The lowest BCUT2D eigenvalue weighted by atomic mass is 9.83. The fourth-order valence-corrected chi connectivity index (χ4v) is 4.83. The summed E-state index contributed by atoms with van der Waals surface area (Å²) in [4.78, 5) is 26.2. The average molecular weight is 495 g/mol. The van der Waals surface area contributed by atoms with Gasteiger partial charge in [0.15, 0.2) is 5.82 Å². The number of nitrogens with zero attached hydrogens (tertiary/aromatic N) is 5. The highest BCUT2D eigenvalue weighted by Crippen LogP contribution is 2.44. The number of halogens is 3. The fourth-order valence-electron chi connectivity index (χ4n) is 4.58. The normalized spacial score (nSPS) is 16.4. The van der Waals surface area contributed by atoms with E-state index in [1.165, 1.54) is 6.07 Å². The molecule has 12 heteroatoms. The molecule has 0 aliphatic carbocycles. The van der Waals surface area contributed by atoms with E-state index in [2.05, 4.69) is 20.3 Å². The van der Waals surface area contributed by atoms with Crippen LogP contribution in [0.4, 0.5) is 26.4 Å². The molecule has 9 nitrogen and oxygen atoms in total. The lowest BCUT2D eigenvalue weighted by molar-refractivity contribution is 0.469. The van der Waals surface area contributed by atoms with Crippen molar-refractivity contribution >= 4 is 40.1 Å². The minimum atomic E-state index is -0.871. The van der Waals surface area contributed by atoms with Gasteiger partial charge in [-0.15, -0.1) is 0 Å². The summed E-state index contributed by atoms with van der Waals surface area (Å²) in [6, 6.07) is 7.70. The second kappa shape index (κ2) is 8.18. The highest BCUT2D eigenvalue weighted by atomic mass is 35.5. The Balaban J connectivity index is 1.86. The van der Waals surface area contributed by atoms with E-state index in [1.807, 2.05) is 13.0 Å². The predicted molar refractivity (Wildman–Crippen MR) is 127 cm³/mol. The van der Waals surface area contributed by atoms with Gasteiger partial charge in [0.2, 0.25) is 5.95 Å². The summed E-state index contributed by atoms with van der Waals surface area (Å²) in [7, 11) is 0. The number of nitrogen functional groups attached to an aromatic ring is 2. The molecule has 0 radical (unpaired) electrons. The number of benzene rings is 2. The molecule has 35 heavy (non-hydrogen) atoms. The minimum Gasteiger partial charge on any atom is -0.382 e. The van der Waals surface area contributed by atoms with Gasteiger partial charge in [-0.3, -0.25) is 9.36 Å². The van der Waals surface area contributed by atoms with Crippen LogP contribution in [0.15, 0.2) is 35.1 Å². The molecule has 5 rings (SSSR count). The summed E-state index contributed by atoms with van der Waals surface area (Å²) >= 11 is 6.29. The molecule has 1 aliphatic rings. The predicted octanol–water partition coefficient (Wildman–Crippen LogP) is 3.80. The molecule has 2 aromatic carbocycles. The number of nitriles is 1. The van der Waals surface area contributed by atoms with Crippen molar-refractivity contribution in [1.82, 2.24) is 19.5 Å². The van der Waals surface area contributed by atoms with Crippen molar-refractivity contribution in [2.24, 2.45) is 0 Å². The van der Waals surface area contributed by atoms with Gasteiger partial charge in [-0.1, -0.05) is 24.6 Å². The Kier molecular flexibility index (Phi) is 5.25. The van der Waals surface area contributed by atoms with Gasteiger partial charge in [-0.2, -0.15) is 15.2 Å². The molecule has 2 unspecified atom stereocenters. The first-order valence-corrected chi connectivity index (χ1v) is 10.9. The van der Waals surface area contributed by atoms with Crippen LogP contribution in [-0.4, -0.2) is 19.5 Å². The Morgan fingerprint density at radius 2 is 2.00 bits per heavy atom. The number of aromatic nitrogens is 4. The number of nitrogens with two attached hydrogens (primary N) is 2. The van der Waals surface area contributed by atoms with E-state index in [1.54, 1.807) is 12.1 Å². The van der Waals surface area contributed by atoms with Gasteiger partial charge in [0, 0.05) is 17.5 Å². The van der Waals surface area contributed by atoms with Gasteiger partial charge in [-0.25, -0.2) is 13.8 Å². The van der Waals surface area contributed by atoms with Crippen molar-refractivity contribution in [1.29, 1.82) is 5.26 Å². The van der Waals surface area contributed by atoms with Crippen molar-refractivity contribution in [2.75, 3.05) is 16.8 Å². The maximum absolute atomic E-state index is 15.2. The largest absolute Gasteiger partial charge is 0.382 e. The van der Waals surface area contributed by atoms with Crippen molar-refractivity contribution in [3.63, 3.8) is 0 Å². The zero-order valence-electron chi connectivity index (χ0n) is 18.2. The zero-order valence-corrected chi connectivity index (χ0v) is 18.9. The fraction of sp³-hybridized carbons (Fsp3) is 0.174. The number of fused-ring (bicyclic) bond motifs is 4. The molecule has 3 heterocycles. The SMILES string of the molecule is CCC1c2c(F)cc(F)cc2-n2c(nc3cccc(Cl)c3c2=O)C1Nc1nc(N)nc(N)c1C#N. The lowest BCUT2D eigenvalue weighted by Gasteiger charge is -2.36. The van der Waals surface area contributed by atoms with Gasteiger partial charge in [0.1, 0.15) is 34.9 Å². The van der Waals surface area contributed by atoms with Crippen LogP contribution in [-0.2, 0) is 0 Å². The number of hydrogen-bond acceptors (Lipinski definition) is 8. The molecule has 0 spiro atoms. The quantitative estimate of drug-likeness (QED) is 0.389. The molecule has 4 aromatic rings. The van der Waals surface area contributed by atoms with E-state index in [0.29, 0.717) is 11.9 Å². The van der Waals surface area contributed by atoms with Gasteiger partial charge in [-0.05, 0) is 24.6 Å². The summed E-state index contributed by atoms with van der Waals surface area (Å²) in [5.74, 6) is -2.46. The maximum atomic E-state index is 15.2. The monoisotopic (exact) mass is 494 g/mol. The molecule has 5 N–H and O–H groups in total. The van der Waals surface area contributed by atoms with Crippen LogP contribution in [0.25, 0.3) is 16.6 Å². The van der Waals surface area contributed by atoms with Crippen molar-refractivity contribution in [3.05, 3.63) is 74.3 Å². The number of anilines is 3. The Hall–Kier alpha value is -4.30. The van der Waals surface area contributed by atoms with Gasteiger partial charge in [0.25, 0.3) is 5.56 Å². The molecule has 0 saturated heterocycles. The second-order valence-corrected chi connectivity index (χ2v) is 8.41. The molecule has 2 atom stereocenters. The first-order chi connectivity index (χ1) is 16.7. The average Bonchev–Trinajstić information content (AvgIpc) is 2.79. The molecule has 1 aliphatic heterocycles. The zero-order chi connectivity index (χ0) is 25.0. The molecule has 0 saturated carbocycles. The number of rotatable bonds is 3. The highest BCUT2D eigenvalue weighted by Gasteiger charge is 2.39. The molecular formula is C23H17ClF2N8O. The third kappa shape index (κ3) is 3.41. The lowest BCUT2D eigenvalue weighted by Crippen LogP contribution is -2.37. The third-order valence-electron chi connectivity index (χ3n) is 6.04. The summed E-state index contributed by atoms with van der Waals surface area (Å²) in [6.07, 6.45) is 0.370. The van der Waals surface area contributed by atoms with Crippen LogP contribution in [0.3, 0.4) is 0 Å². The number of nitrogens with one attached hydrogen (secondary N) is 1. The molecule has 2 aromatic heterocycles. The highest BCUT2D eigenvalue weighted by molar-refractivity contribution is 6.35. The number of hydrogen-bond donors (Lipinski definition) is 3. The van der Waals surface area contributed by atoms with E-state index in [0.717, 1.165) is 16.7 Å². The summed E-state index contributed by atoms with van der Waals surface area (Å²) in [5, 5.41) is 12.9. The van der Waals surface area contributed by atoms with Crippen molar-refractivity contribution in [3.8, 4) is 11.8 Å². The Morgan fingerprint density at radius 3 is 2.71 bits per heavy atom.